The van der Waals surface area contributed by atoms with Crippen molar-refractivity contribution in [1.82, 2.24) is 25.6 Å². The van der Waals surface area contributed by atoms with E-state index in [4.69, 9.17) is 0 Å². The van der Waals surface area contributed by atoms with E-state index in [2.05, 4.69) is 37.8 Å². The fourth-order valence-electron chi connectivity index (χ4n) is 4.18. The third-order valence-corrected chi connectivity index (χ3v) is 5.59. The van der Waals surface area contributed by atoms with E-state index in [0.717, 1.165) is 57.1 Å². The topological polar surface area (TPSA) is 43.4 Å². The second-order valence-electron chi connectivity index (χ2n) is 7.57. The first kappa shape index (κ1) is 18.5. The van der Waals surface area contributed by atoms with E-state index in [1.54, 1.807) is 12.1 Å². The molecule has 0 spiro atoms. The zero-order chi connectivity index (χ0) is 18.5. The lowest BCUT2D eigenvalue weighted by Gasteiger charge is -2.27. The van der Waals surface area contributed by atoms with E-state index in [9.17, 15) is 4.39 Å². The highest BCUT2D eigenvalue weighted by atomic mass is 19.1. The van der Waals surface area contributed by atoms with Crippen molar-refractivity contribution >= 4 is 0 Å². The highest BCUT2D eigenvalue weighted by molar-refractivity contribution is 5.22. The van der Waals surface area contributed by atoms with Gasteiger partial charge in [0.2, 0.25) is 0 Å². The van der Waals surface area contributed by atoms with E-state index in [1.165, 1.54) is 12.5 Å². The number of aromatic nitrogens is 1. The van der Waals surface area contributed by atoms with Crippen LogP contribution in [-0.4, -0.2) is 54.1 Å². The molecule has 2 aliphatic rings. The molecule has 1 aromatic carbocycles. The van der Waals surface area contributed by atoms with Gasteiger partial charge < -0.3 is 4.90 Å². The number of rotatable bonds is 5. The van der Waals surface area contributed by atoms with Crippen LogP contribution in [0.4, 0.5) is 4.39 Å². The standard InChI is InChI=1S/C21H28FN5/c22-19-6-3-5-17(13-19)21-18(14-24-25-21)15-26-9-4-10-27(12-11-26)16-20-7-1-2-8-23-20/h1-3,5-8,13,18,21,24-25H,4,9-12,14-16H2. The van der Waals surface area contributed by atoms with Gasteiger partial charge in [-0.2, -0.15) is 0 Å². The van der Waals surface area contributed by atoms with Gasteiger partial charge in [-0.3, -0.25) is 15.3 Å². The second-order valence-corrected chi connectivity index (χ2v) is 7.57. The van der Waals surface area contributed by atoms with Crippen LogP contribution in [0.15, 0.2) is 48.7 Å². The van der Waals surface area contributed by atoms with E-state index in [0.29, 0.717) is 5.92 Å². The summed E-state index contributed by atoms with van der Waals surface area (Å²) in [6.45, 7) is 7.22. The number of hydrazine groups is 1. The summed E-state index contributed by atoms with van der Waals surface area (Å²) in [5.41, 5.74) is 8.77. The van der Waals surface area contributed by atoms with E-state index in [1.807, 2.05) is 18.3 Å². The number of pyridine rings is 1. The molecule has 2 saturated heterocycles. The lowest BCUT2D eigenvalue weighted by molar-refractivity contribution is 0.220. The summed E-state index contributed by atoms with van der Waals surface area (Å²) >= 11 is 0. The van der Waals surface area contributed by atoms with Crippen LogP contribution in [0.1, 0.15) is 23.7 Å². The van der Waals surface area contributed by atoms with Crippen molar-refractivity contribution in [2.45, 2.75) is 19.0 Å². The Morgan fingerprint density at radius 2 is 1.93 bits per heavy atom. The summed E-state index contributed by atoms with van der Waals surface area (Å²) in [6, 6.07) is 13.2. The van der Waals surface area contributed by atoms with Crippen molar-refractivity contribution < 1.29 is 4.39 Å². The van der Waals surface area contributed by atoms with Crippen LogP contribution < -0.4 is 10.9 Å². The van der Waals surface area contributed by atoms with Crippen LogP contribution in [0.5, 0.6) is 0 Å². The molecule has 2 N–H and O–H groups in total. The molecule has 6 heteroatoms. The molecule has 3 heterocycles. The molecule has 0 amide bonds. The fourth-order valence-corrected chi connectivity index (χ4v) is 4.18. The molecule has 144 valence electrons. The van der Waals surface area contributed by atoms with Crippen LogP contribution in [0.2, 0.25) is 0 Å². The molecule has 2 aliphatic heterocycles. The van der Waals surface area contributed by atoms with Crippen LogP contribution in [0.25, 0.3) is 0 Å². The van der Waals surface area contributed by atoms with Crippen LogP contribution in [-0.2, 0) is 6.54 Å². The Morgan fingerprint density at radius 3 is 2.78 bits per heavy atom. The van der Waals surface area contributed by atoms with Crippen molar-refractivity contribution in [3.05, 3.63) is 65.7 Å². The summed E-state index contributed by atoms with van der Waals surface area (Å²) in [5, 5.41) is 0. The van der Waals surface area contributed by atoms with E-state index in [-0.39, 0.29) is 11.9 Å². The quantitative estimate of drug-likeness (QED) is 0.846. The molecule has 0 radical (unpaired) electrons. The van der Waals surface area contributed by atoms with Crippen molar-refractivity contribution in [3.63, 3.8) is 0 Å². The van der Waals surface area contributed by atoms with Crippen molar-refractivity contribution in [1.29, 1.82) is 0 Å². The smallest absolute Gasteiger partial charge is 0.123 e. The molecule has 27 heavy (non-hydrogen) atoms. The lowest BCUT2D eigenvalue weighted by Crippen LogP contribution is -2.36. The van der Waals surface area contributed by atoms with Gasteiger partial charge >= 0.3 is 0 Å². The van der Waals surface area contributed by atoms with Gasteiger partial charge in [0.05, 0.1) is 11.7 Å². The van der Waals surface area contributed by atoms with E-state index >= 15 is 0 Å². The first-order valence-corrected chi connectivity index (χ1v) is 9.86. The molecular formula is C21H28FN5. The number of nitrogens with one attached hydrogen (secondary N) is 2. The molecule has 0 saturated carbocycles. The second kappa shape index (κ2) is 8.89. The Balaban J connectivity index is 1.33. The Labute approximate surface area is 160 Å². The fraction of sp³-hybridized carbons (Fsp3) is 0.476. The highest BCUT2D eigenvalue weighted by Gasteiger charge is 2.30. The van der Waals surface area contributed by atoms with Crippen molar-refractivity contribution in [2.24, 2.45) is 5.92 Å². The third kappa shape index (κ3) is 4.90. The van der Waals surface area contributed by atoms with Crippen molar-refractivity contribution in [3.8, 4) is 0 Å². The van der Waals surface area contributed by atoms with E-state index < -0.39 is 0 Å². The first-order valence-electron chi connectivity index (χ1n) is 9.86. The minimum Gasteiger partial charge on any atom is -0.302 e. The summed E-state index contributed by atoms with van der Waals surface area (Å²) in [5.74, 6) is 0.272. The molecule has 2 aromatic rings. The van der Waals surface area contributed by atoms with Gasteiger partial charge in [0.15, 0.2) is 0 Å². The van der Waals surface area contributed by atoms with Crippen LogP contribution in [0.3, 0.4) is 0 Å². The Morgan fingerprint density at radius 1 is 1.04 bits per heavy atom. The maximum Gasteiger partial charge on any atom is 0.123 e. The molecule has 5 nitrogen and oxygen atoms in total. The molecular weight excluding hydrogens is 341 g/mol. The Kier molecular flexibility index (Phi) is 6.09. The molecule has 0 aliphatic carbocycles. The van der Waals surface area contributed by atoms with Crippen molar-refractivity contribution in [2.75, 3.05) is 39.3 Å². The normalized spacial score (nSPS) is 24.8. The Hall–Kier alpha value is -1.86. The predicted octanol–water partition coefficient (Wildman–Crippen LogP) is 2.19. The minimum absolute atomic E-state index is 0.161. The molecule has 2 fully saturated rings. The number of hydrogen-bond acceptors (Lipinski definition) is 5. The van der Waals surface area contributed by atoms with Crippen LogP contribution >= 0.6 is 0 Å². The molecule has 4 rings (SSSR count). The number of nitrogens with zero attached hydrogens (tertiary/aromatic N) is 3. The average Bonchev–Trinajstić information content (AvgIpc) is 3.03. The lowest BCUT2D eigenvalue weighted by atomic mass is 9.94. The maximum absolute atomic E-state index is 13.6. The SMILES string of the molecule is Fc1cccc(C2NNCC2CN2CCCN(Cc3ccccn3)CC2)c1. The molecule has 2 atom stereocenters. The average molecular weight is 369 g/mol. The van der Waals surface area contributed by atoms with Crippen LogP contribution in [0, 0.1) is 11.7 Å². The first-order chi connectivity index (χ1) is 13.3. The predicted molar refractivity (Wildman–Crippen MR) is 104 cm³/mol. The van der Waals surface area contributed by atoms with Gasteiger partial charge in [0.25, 0.3) is 0 Å². The summed E-state index contributed by atoms with van der Waals surface area (Å²) in [7, 11) is 0. The zero-order valence-corrected chi connectivity index (χ0v) is 15.6. The zero-order valence-electron chi connectivity index (χ0n) is 15.6. The molecule has 0 bridgehead atoms. The summed E-state index contributed by atoms with van der Waals surface area (Å²) in [4.78, 5) is 9.51. The number of halogens is 1. The van der Waals surface area contributed by atoms with Gasteiger partial charge in [-0.15, -0.1) is 0 Å². The summed E-state index contributed by atoms with van der Waals surface area (Å²) in [6.07, 6.45) is 3.04. The maximum atomic E-state index is 13.6. The van der Waals surface area contributed by atoms with Gasteiger partial charge in [0, 0.05) is 44.8 Å². The largest absolute Gasteiger partial charge is 0.302 e. The highest BCUT2D eigenvalue weighted by Crippen LogP contribution is 2.26. The number of benzene rings is 1. The van der Waals surface area contributed by atoms with Gasteiger partial charge in [-0.1, -0.05) is 18.2 Å². The monoisotopic (exact) mass is 369 g/mol. The third-order valence-electron chi connectivity index (χ3n) is 5.59. The minimum atomic E-state index is -0.167. The number of hydrogen-bond donors (Lipinski definition) is 2. The molecule has 1 aromatic heterocycles. The van der Waals surface area contributed by atoms with Gasteiger partial charge in [0.1, 0.15) is 5.82 Å². The van der Waals surface area contributed by atoms with Gasteiger partial charge in [-0.25, -0.2) is 9.82 Å². The summed E-state index contributed by atoms with van der Waals surface area (Å²) < 4.78 is 13.6. The Bertz CT molecular complexity index is 726. The van der Waals surface area contributed by atoms with Gasteiger partial charge in [-0.05, 0) is 49.3 Å². The molecule has 2 unspecified atom stereocenters.